The minimum absolute atomic E-state index is 0.246. The zero-order chi connectivity index (χ0) is 18.7. The van der Waals surface area contributed by atoms with Crippen LogP contribution in [0.1, 0.15) is 31.2 Å². The first-order chi connectivity index (χ1) is 13.2. The van der Waals surface area contributed by atoms with Gasteiger partial charge >= 0.3 is 0 Å². The molecular formula is C23H27NO3. The molecule has 4 heteroatoms. The van der Waals surface area contributed by atoms with Gasteiger partial charge in [-0.1, -0.05) is 42.5 Å². The number of rotatable bonds is 7. The summed E-state index contributed by atoms with van der Waals surface area (Å²) in [5.74, 6) is 2.38. The second-order valence-electron chi connectivity index (χ2n) is 7.64. The van der Waals surface area contributed by atoms with Crippen LogP contribution in [0.15, 0.2) is 54.6 Å². The van der Waals surface area contributed by atoms with Gasteiger partial charge in [0.1, 0.15) is 0 Å². The Kier molecular flexibility index (Phi) is 5.06. The van der Waals surface area contributed by atoms with Gasteiger partial charge in [0, 0.05) is 13.1 Å². The Balaban J connectivity index is 1.30. The SMILES string of the molecule is COc1ccccc1OCCC1CCN(C(=O)C2(c3ccccc3)CC2)C1. The van der Waals surface area contributed by atoms with E-state index in [4.69, 9.17) is 9.47 Å². The molecule has 1 amide bonds. The van der Waals surface area contributed by atoms with Gasteiger partial charge in [0.25, 0.3) is 0 Å². The third-order valence-corrected chi connectivity index (χ3v) is 5.91. The van der Waals surface area contributed by atoms with E-state index in [1.807, 2.05) is 42.5 Å². The van der Waals surface area contributed by atoms with Crippen molar-refractivity contribution >= 4 is 5.91 Å². The molecular weight excluding hydrogens is 338 g/mol. The van der Waals surface area contributed by atoms with Gasteiger partial charge in [-0.15, -0.1) is 0 Å². The maximum Gasteiger partial charge on any atom is 0.233 e. The third kappa shape index (κ3) is 3.66. The van der Waals surface area contributed by atoms with Gasteiger partial charge in [-0.3, -0.25) is 4.79 Å². The van der Waals surface area contributed by atoms with Crippen molar-refractivity contribution in [1.82, 2.24) is 4.90 Å². The van der Waals surface area contributed by atoms with Crippen LogP contribution in [0, 0.1) is 5.92 Å². The van der Waals surface area contributed by atoms with Crippen LogP contribution in [0.3, 0.4) is 0 Å². The van der Waals surface area contributed by atoms with Crippen LogP contribution in [0.2, 0.25) is 0 Å². The molecule has 1 saturated carbocycles. The van der Waals surface area contributed by atoms with Gasteiger partial charge in [-0.2, -0.15) is 0 Å². The fourth-order valence-electron chi connectivity index (χ4n) is 4.14. The Morgan fingerprint density at radius 2 is 1.78 bits per heavy atom. The molecule has 0 N–H and O–H groups in total. The molecule has 1 heterocycles. The van der Waals surface area contributed by atoms with Crippen LogP contribution in [0.5, 0.6) is 11.5 Å². The largest absolute Gasteiger partial charge is 0.493 e. The standard InChI is InChI=1S/C23H27NO3/c1-26-20-9-5-6-10-21(20)27-16-12-18-11-15-24(17-18)22(25)23(13-14-23)19-7-3-2-4-8-19/h2-10,18H,11-17H2,1H3. The Morgan fingerprint density at radius 3 is 2.48 bits per heavy atom. The van der Waals surface area contributed by atoms with E-state index in [-0.39, 0.29) is 5.41 Å². The van der Waals surface area contributed by atoms with Crippen molar-refractivity contribution in [2.75, 3.05) is 26.8 Å². The van der Waals surface area contributed by atoms with E-state index in [1.54, 1.807) is 7.11 Å². The van der Waals surface area contributed by atoms with Gasteiger partial charge in [0.15, 0.2) is 11.5 Å². The topological polar surface area (TPSA) is 38.8 Å². The molecule has 1 unspecified atom stereocenters. The number of likely N-dealkylation sites (tertiary alicyclic amines) is 1. The van der Waals surface area contributed by atoms with Crippen molar-refractivity contribution < 1.29 is 14.3 Å². The van der Waals surface area contributed by atoms with Crippen LogP contribution in [-0.4, -0.2) is 37.6 Å². The summed E-state index contributed by atoms with van der Waals surface area (Å²) in [7, 11) is 1.66. The van der Waals surface area contributed by atoms with E-state index in [0.29, 0.717) is 18.4 Å². The monoisotopic (exact) mass is 365 g/mol. The number of methoxy groups -OCH3 is 1. The summed E-state index contributed by atoms with van der Waals surface area (Å²) in [5, 5.41) is 0. The summed E-state index contributed by atoms with van der Waals surface area (Å²) in [6, 6.07) is 18.0. The summed E-state index contributed by atoms with van der Waals surface area (Å²) in [5.41, 5.74) is 0.933. The first-order valence-corrected chi connectivity index (χ1v) is 9.84. The molecule has 2 aliphatic rings. The number of nitrogens with zero attached hydrogens (tertiary/aromatic N) is 1. The predicted octanol–water partition coefficient (Wildman–Crippen LogP) is 4.04. The predicted molar refractivity (Wildman–Crippen MR) is 105 cm³/mol. The third-order valence-electron chi connectivity index (χ3n) is 5.91. The smallest absolute Gasteiger partial charge is 0.233 e. The van der Waals surface area contributed by atoms with Crippen molar-refractivity contribution in [1.29, 1.82) is 0 Å². The minimum atomic E-state index is -0.246. The lowest BCUT2D eigenvalue weighted by Gasteiger charge is -2.23. The van der Waals surface area contributed by atoms with E-state index in [2.05, 4.69) is 17.0 Å². The second-order valence-corrected chi connectivity index (χ2v) is 7.64. The number of benzene rings is 2. The Bertz CT molecular complexity index is 785. The molecule has 1 aliphatic heterocycles. The highest BCUT2D eigenvalue weighted by Gasteiger charge is 2.53. The second kappa shape index (κ2) is 7.63. The highest BCUT2D eigenvalue weighted by Crippen LogP contribution is 2.50. The number of carbonyl (C=O) groups excluding carboxylic acids is 1. The van der Waals surface area contributed by atoms with Crippen molar-refractivity contribution in [2.24, 2.45) is 5.92 Å². The molecule has 1 saturated heterocycles. The first kappa shape index (κ1) is 17.9. The van der Waals surface area contributed by atoms with E-state index in [1.165, 1.54) is 5.56 Å². The Hall–Kier alpha value is -2.49. The molecule has 2 fully saturated rings. The normalized spacial score (nSPS) is 20.3. The van der Waals surface area contributed by atoms with Gasteiger partial charge in [0.05, 0.1) is 19.1 Å². The molecule has 0 spiro atoms. The highest BCUT2D eigenvalue weighted by atomic mass is 16.5. The van der Waals surface area contributed by atoms with Crippen LogP contribution < -0.4 is 9.47 Å². The number of amides is 1. The molecule has 1 atom stereocenters. The average molecular weight is 365 g/mol. The summed E-state index contributed by atoms with van der Waals surface area (Å²) in [6.45, 7) is 2.37. The minimum Gasteiger partial charge on any atom is -0.493 e. The van der Waals surface area contributed by atoms with Crippen molar-refractivity contribution in [3.05, 3.63) is 60.2 Å². The fraction of sp³-hybridized carbons (Fsp3) is 0.435. The summed E-state index contributed by atoms with van der Waals surface area (Å²) in [6.07, 6.45) is 3.98. The lowest BCUT2D eigenvalue weighted by Crippen LogP contribution is -2.37. The Morgan fingerprint density at radius 1 is 1.07 bits per heavy atom. The van der Waals surface area contributed by atoms with E-state index in [9.17, 15) is 4.79 Å². The van der Waals surface area contributed by atoms with Gasteiger partial charge in [-0.05, 0) is 49.3 Å². The number of ether oxygens (including phenoxy) is 2. The van der Waals surface area contributed by atoms with E-state index < -0.39 is 0 Å². The Labute approximate surface area is 161 Å². The molecule has 142 valence electrons. The molecule has 27 heavy (non-hydrogen) atoms. The van der Waals surface area contributed by atoms with E-state index in [0.717, 1.165) is 50.3 Å². The van der Waals surface area contributed by atoms with Crippen LogP contribution in [0.4, 0.5) is 0 Å². The van der Waals surface area contributed by atoms with Gasteiger partial charge in [-0.25, -0.2) is 0 Å². The number of hydrogen-bond acceptors (Lipinski definition) is 3. The lowest BCUT2D eigenvalue weighted by molar-refractivity contribution is -0.133. The molecule has 0 bridgehead atoms. The quantitative estimate of drug-likeness (QED) is 0.743. The van der Waals surface area contributed by atoms with Crippen LogP contribution in [0.25, 0.3) is 0 Å². The van der Waals surface area contributed by atoms with Gasteiger partial charge < -0.3 is 14.4 Å². The van der Waals surface area contributed by atoms with Crippen LogP contribution in [-0.2, 0) is 10.2 Å². The summed E-state index contributed by atoms with van der Waals surface area (Å²) < 4.78 is 11.2. The average Bonchev–Trinajstić information content (AvgIpc) is 3.40. The molecule has 1 aliphatic carbocycles. The van der Waals surface area contributed by atoms with E-state index >= 15 is 0 Å². The van der Waals surface area contributed by atoms with Gasteiger partial charge in [0.2, 0.25) is 5.91 Å². The first-order valence-electron chi connectivity index (χ1n) is 9.84. The zero-order valence-corrected chi connectivity index (χ0v) is 15.9. The maximum absolute atomic E-state index is 13.1. The molecule has 0 radical (unpaired) electrons. The highest BCUT2D eigenvalue weighted by molar-refractivity contribution is 5.91. The van der Waals surface area contributed by atoms with Crippen molar-refractivity contribution in [2.45, 2.75) is 31.1 Å². The zero-order valence-electron chi connectivity index (χ0n) is 15.9. The molecule has 4 nitrogen and oxygen atoms in total. The number of para-hydroxylation sites is 2. The van der Waals surface area contributed by atoms with Crippen molar-refractivity contribution in [3.8, 4) is 11.5 Å². The fourth-order valence-corrected chi connectivity index (χ4v) is 4.14. The van der Waals surface area contributed by atoms with Crippen molar-refractivity contribution in [3.63, 3.8) is 0 Å². The maximum atomic E-state index is 13.1. The molecule has 0 aromatic heterocycles. The summed E-state index contributed by atoms with van der Waals surface area (Å²) in [4.78, 5) is 15.2. The number of carbonyl (C=O) groups is 1. The number of hydrogen-bond donors (Lipinski definition) is 0. The lowest BCUT2D eigenvalue weighted by atomic mass is 9.94. The molecule has 2 aromatic carbocycles. The molecule has 2 aromatic rings. The molecule has 4 rings (SSSR count). The van der Waals surface area contributed by atoms with Crippen LogP contribution >= 0.6 is 0 Å². The summed E-state index contributed by atoms with van der Waals surface area (Å²) >= 11 is 0.